The number of pyridine rings is 2. The van der Waals surface area contributed by atoms with Crippen LogP contribution in [0.3, 0.4) is 0 Å². The first-order valence-corrected chi connectivity index (χ1v) is 25.0. The topological polar surface area (TPSA) is 192 Å². The molecule has 4 fully saturated rings. The monoisotopic (exact) mass is 898 g/mol. The van der Waals surface area contributed by atoms with Crippen LogP contribution in [-0.2, 0) is 45.7 Å². The van der Waals surface area contributed by atoms with Crippen LogP contribution in [0.2, 0.25) is 0 Å². The van der Waals surface area contributed by atoms with E-state index in [0.717, 1.165) is 62.5 Å². The zero-order chi connectivity index (χ0) is 43.6. The number of halogens is 1. The number of sulfonamides is 2. The van der Waals surface area contributed by atoms with Gasteiger partial charge in [-0.3, -0.25) is 14.8 Å². The van der Waals surface area contributed by atoms with Gasteiger partial charge in [-0.2, -0.15) is 0 Å². The maximum absolute atomic E-state index is 16.3. The molecular weight excluding hydrogens is 848 g/mol. The van der Waals surface area contributed by atoms with Crippen molar-refractivity contribution >= 4 is 43.5 Å². The molecule has 10 rings (SSSR count). The first kappa shape index (κ1) is 41.8. The normalized spacial score (nSPS) is 20.7. The fraction of sp³-hybridized carbons (Fsp3) is 0.467. The van der Waals surface area contributed by atoms with Crippen LogP contribution in [-0.4, -0.2) is 105 Å². The second-order valence-corrected chi connectivity index (χ2v) is 21.8. The Morgan fingerprint density at radius 1 is 0.698 bits per heavy atom. The molecule has 4 aliphatic carbocycles. The number of benzene rings is 2. The predicted molar refractivity (Wildman–Crippen MR) is 236 cm³/mol. The molecule has 2 aliphatic heterocycles. The molecule has 6 aliphatic rings. The molecule has 2 aromatic carbocycles. The number of aryl methyl sites for hydroxylation is 1. The third-order valence-electron chi connectivity index (χ3n) is 14.2. The number of amides is 4. The first-order chi connectivity index (χ1) is 30.3. The van der Waals surface area contributed by atoms with Crippen LogP contribution < -0.4 is 24.8 Å². The van der Waals surface area contributed by atoms with Crippen molar-refractivity contribution < 1.29 is 35.6 Å². The highest BCUT2D eigenvalue weighted by molar-refractivity contribution is 7.91. The van der Waals surface area contributed by atoms with Gasteiger partial charge in [0.05, 0.1) is 18.5 Å². The lowest BCUT2D eigenvalue weighted by Gasteiger charge is -2.47. The number of hydrogen-bond acceptors (Lipinski definition) is 11. The smallest absolute Gasteiger partial charge is 0.332 e. The molecule has 0 bridgehead atoms. The number of urea groups is 2. The summed E-state index contributed by atoms with van der Waals surface area (Å²) in [5.41, 5.74) is 6.54. The summed E-state index contributed by atoms with van der Waals surface area (Å²) >= 11 is 0. The molecule has 18 heteroatoms. The van der Waals surface area contributed by atoms with Crippen LogP contribution in [0, 0.1) is 5.82 Å². The molecule has 63 heavy (non-hydrogen) atoms. The standard InChI is InChI=1S/C45H51FN8O7S2/c1-61-41-20-28(35-12-11-26-5-2-10-34(26)42(35)49-44(55)51-62(57,58)32-22-53(23-32)30-6-3-7-30)19-40(48-41)29-17-37-38(18-29)43(36(21-39(37)46)27-13-15-47-16-14-27)50-45(56)52-63(59,60)33-24-54(25-33)31-8-4-9-31/h11-16,19-21,29-33H,2-10,17-18,22-25H2,1H3,(H2,49,51,55)(H2,50,52,56). The minimum absolute atomic E-state index is 0.222. The van der Waals surface area contributed by atoms with Crippen LogP contribution >= 0.6 is 0 Å². The molecule has 0 radical (unpaired) electrons. The molecule has 2 saturated heterocycles. The average Bonchev–Trinajstić information content (AvgIpc) is 3.85. The van der Waals surface area contributed by atoms with Crippen LogP contribution in [0.25, 0.3) is 22.3 Å². The summed E-state index contributed by atoms with van der Waals surface area (Å²) in [5, 5.41) is 4.35. The molecule has 15 nitrogen and oxygen atoms in total. The molecule has 4 N–H and O–H groups in total. The Morgan fingerprint density at radius 3 is 1.86 bits per heavy atom. The number of likely N-dealkylation sites (tertiary alicyclic amines) is 2. The number of rotatable bonds is 12. The van der Waals surface area contributed by atoms with Gasteiger partial charge in [0, 0.05) is 79.5 Å². The van der Waals surface area contributed by atoms with Crippen molar-refractivity contribution in [3.63, 3.8) is 0 Å². The Labute approximate surface area is 366 Å². The third-order valence-corrected chi connectivity index (χ3v) is 17.5. The van der Waals surface area contributed by atoms with Gasteiger partial charge in [0.1, 0.15) is 16.3 Å². The van der Waals surface area contributed by atoms with Crippen LogP contribution in [0.1, 0.15) is 78.8 Å². The number of nitrogens with one attached hydrogen (secondary N) is 4. The van der Waals surface area contributed by atoms with Gasteiger partial charge in [-0.05, 0) is 115 Å². The van der Waals surface area contributed by atoms with Gasteiger partial charge in [0.25, 0.3) is 0 Å². The second kappa shape index (κ2) is 16.4. The van der Waals surface area contributed by atoms with Crippen molar-refractivity contribution in [1.29, 1.82) is 0 Å². The highest BCUT2D eigenvalue weighted by atomic mass is 32.2. The third kappa shape index (κ3) is 8.03. The van der Waals surface area contributed by atoms with Crippen molar-refractivity contribution in [1.82, 2.24) is 29.2 Å². The Bertz CT molecular complexity index is 2700. The Balaban J connectivity index is 0.925. The quantitative estimate of drug-likeness (QED) is 0.136. The Kier molecular flexibility index (Phi) is 10.9. The number of anilines is 2. The molecule has 4 amide bonds. The summed E-state index contributed by atoms with van der Waals surface area (Å²) in [6, 6.07) is 11.4. The summed E-state index contributed by atoms with van der Waals surface area (Å²) in [4.78, 5) is 40.4. The van der Waals surface area contributed by atoms with E-state index < -0.39 is 54.3 Å². The molecule has 0 spiro atoms. The SMILES string of the molecule is COc1cc(-c2ccc3c(c2NC(=O)NS(=O)(=O)C2CN(C4CCC4)C2)CCC3)cc(C2Cc3c(F)cc(-c4ccncc4)c(NC(=O)NS(=O)(=O)C4CN(C5CCC5)C4)c3C2)n1. The molecular formula is C45H51FN8O7S2. The number of methoxy groups -OCH3 is 1. The average molecular weight is 899 g/mol. The summed E-state index contributed by atoms with van der Waals surface area (Å²) in [5.74, 6) is -0.585. The van der Waals surface area contributed by atoms with E-state index in [9.17, 15) is 26.4 Å². The van der Waals surface area contributed by atoms with Crippen molar-refractivity contribution in [2.45, 2.75) is 99.1 Å². The molecule has 4 aromatic rings. The summed E-state index contributed by atoms with van der Waals surface area (Å²) < 4.78 is 79.7. The lowest BCUT2D eigenvalue weighted by Crippen LogP contribution is -2.62. The second-order valence-electron chi connectivity index (χ2n) is 17.9. The molecule has 1 atom stereocenters. The van der Waals surface area contributed by atoms with E-state index in [4.69, 9.17) is 9.72 Å². The van der Waals surface area contributed by atoms with Gasteiger partial charge in [-0.1, -0.05) is 25.0 Å². The van der Waals surface area contributed by atoms with Crippen LogP contribution in [0.5, 0.6) is 5.88 Å². The molecule has 4 heterocycles. The number of fused-ring (bicyclic) bond motifs is 2. The number of hydrogen-bond donors (Lipinski definition) is 4. The van der Waals surface area contributed by atoms with Crippen molar-refractivity contribution in [2.24, 2.45) is 0 Å². The van der Waals surface area contributed by atoms with E-state index in [1.165, 1.54) is 13.2 Å². The van der Waals surface area contributed by atoms with Gasteiger partial charge in [-0.25, -0.2) is 45.2 Å². The molecule has 332 valence electrons. The van der Waals surface area contributed by atoms with Crippen molar-refractivity contribution in [3.05, 3.63) is 88.6 Å². The maximum atomic E-state index is 16.3. The zero-order valence-corrected chi connectivity index (χ0v) is 36.7. The Hall–Kier alpha value is -5.17. The van der Waals surface area contributed by atoms with Crippen LogP contribution in [0.4, 0.5) is 25.4 Å². The lowest BCUT2D eigenvalue weighted by atomic mass is 9.89. The van der Waals surface area contributed by atoms with E-state index in [-0.39, 0.29) is 18.7 Å². The number of ether oxygens (including phenoxy) is 1. The lowest BCUT2D eigenvalue weighted by molar-refractivity contribution is 0.0704. The van der Waals surface area contributed by atoms with Gasteiger partial charge < -0.3 is 15.4 Å². The maximum Gasteiger partial charge on any atom is 0.332 e. The number of nitrogens with zero attached hydrogens (tertiary/aromatic N) is 4. The molecule has 1 unspecified atom stereocenters. The predicted octanol–water partition coefficient (Wildman–Crippen LogP) is 5.71. The van der Waals surface area contributed by atoms with Gasteiger partial charge in [0.2, 0.25) is 25.9 Å². The number of carbonyl (C=O) groups is 2. The van der Waals surface area contributed by atoms with Crippen molar-refractivity contribution in [2.75, 3.05) is 43.9 Å². The Morgan fingerprint density at radius 2 is 1.29 bits per heavy atom. The summed E-state index contributed by atoms with van der Waals surface area (Å²) in [6.45, 7) is 1.56. The van der Waals surface area contributed by atoms with Gasteiger partial charge in [0.15, 0.2) is 0 Å². The highest BCUT2D eigenvalue weighted by Gasteiger charge is 2.44. The molecule has 2 saturated carbocycles. The van der Waals surface area contributed by atoms with Crippen LogP contribution in [0.15, 0.2) is 54.9 Å². The molecule has 2 aromatic heterocycles. The zero-order valence-electron chi connectivity index (χ0n) is 35.0. The van der Waals surface area contributed by atoms with E-state index in [1.54, 1.807) is 30.6 Å². The van der Waals surface area contributed by atoms with Crippen molar-refractivity contribution in [3.8, 4) is 28.1 Å². The largest absolute Gasteiger partial charge is 0.481 e. The minimum Gasteiger partial charge on any atom is -0.481 e. The first-order valence-electron chi connectivity index (χ1n) is 21.9. The summed E-state index contributed by atoms with van der Waals surface area (Å²) in [6.07, 6.45) is 12.6. The highest BCUT2D eigenvalue weighted by Crippen LogP contribution is 2.46. The number of carbonyl (C=O) groups excluding carboxylic acids is 2. The van der Waals surface area contributed by atoms with Gasteiger partial charge in [-0.15, -0.1) is 0 Å². The summed E-state index contributed by atoms with van der Waals surface area (Å²) in [7, 11) is -6.41. The van der Waals surface area contributed by atoms with E-state index in [1.807, 2.05) is 18.2 Å². The fourth-order valence-electron chi connectivity index (χ4n) is 10.0. The van der Waals surface area contributed by atoms with E-state index in [0.29, 0.717) is 95.1 Å². The minimum atomic E-state index is -3.99. The van der Waals surface area contributed by atoms with Gasteiger partial charge >= 0.3 is 12.1 Å². The van der Waals surface area contributed by atoms with E-state index >= 15 is 4.39 Å². The van der Waals surface area contributed by atoms with E-state index in [2.05, 4.69) is 34.9 Å². The fourth-order valence-corrected chi connectivity index (χ4v) is 12.5. The number of aromatic nitrogens is 2.